The minimum atomic E-state index is 0.511. The highest BCUT2D eigenvalue weighted by molar-refractivity contribution is 5.89. The average Bonchev–Trinajstić information content (AvgIpc) is 2.96. The molecule has 1 aromatic carbocycles. The molecule has 0 aliphatic heterocycles. The summed E-state index contributed by atoms with van der Waals surface area (Å²) in [5, 5.41) is 4.52. The minimum Gasteiger partial charge on any atom is -0.364 e. The largest absolute Gasteiger partial charge is 0.364 e. The molecule has 4 nitrogen and oxygen atoms in total. The Bertz CT molecular complexity index is 734. The van der Waals surface area contributed by atoms with Crippen LogP contribution in [0.25, 0.3) is 10.9 Å². The van der Waals surface area contributed by atoms with Gasteiger partial charge in [-0.3, -0.25) is 0 Å². The Kier molecular flexibility index (Phi) is 3.96. The standard InChI is InChI=1S/C17H17N3O/c21-12-4-10-20-11-8-15-7-9-18-17(16(15)20)19-13-14-5-2-1-3-6-14/h1-3,5-9,11-12H,4,10,13H2,(H,18,19). The molecular weight excluding hydrogens is 262 g/mol. The van der Waals surface area contributed by atoms with Gasteiger partial charge in [-0.25, -0.2) is 4.98 Å². The van der Waals surface area contributed by atoms with Gasteiger partial charge in [0.2, 0.25) is 0 Å². The van der Waals surface area contributed by atoms with Crippen LogP contribution in [-0.2, 0) is 17.9 Å². The third-order valence-electron chi connectivity index (χ3n) is 3.47. The summed E-state index contributed by atoms with van der Waals surface area (Å²) in [5.74, 6) is 0.854. The van der Waals surface area contributed by atoms with Crippen LogP contribution in [0.5, 0.6) is 0 Å². The lowest BCUT2D eigenvalue weighted by molar-refractivity contribution is -0.108. The predicted octanol–water partition coefficient (Wildman–Crippen LogP) is 3.24. The fourth-order valence-corrected chi connectivity index (χ4v) is 2.44. The van der Waals surface area contributed by atoms with Gasteiger partial charge in [-0.1, -0.05) is 30.3 Å². The molecule has 0 spiro atoms. The number of carbonyl (C=O) groups excluding carboxylic acids is 1. The number of nitrogens with zero attached hydrogens (tertiary/aromatic N) is 2. The normalized spacial score (nSPS) is 10.7. The molecule has 0 unspecified atom stereocenters. The molecule has 3 aromatic rings. The van der Waals surface area contributed by atoms with E-state index in [1.807, 2.05) is 30.5 Å². The van der Waals surface area contributed by atoms with Gasteiger partial charge in [0.1, 0.15) is 6.29 Å². The first-order chi connectivity index (χ1) is 10.4. The number of benzene rings is 1. The van der Waals surface area contributed by atoms with Crippen molar-refractivity contribution in [3.8, 4) is 0 Å². The van der Waals surface area contributed by atoms with Gasteiger partial charge in [0, 0.05) is 37.3 Å². The number of carbonyl (C=O) groups is 1. The second-order valence-corrected chi connectivity index (χ2v) is 4.90. The molecule has 0 saturated heterocycles. The van der Waals surface area contributed by atoms with Gasteiger partial charge >= 0.3 is 0 Å². The predicted molar refractivity (Wildman–Crippen MR) is 84.2 cm³/mol. The average molecular weight is 279 g/mol. The van der Waals surface area contributed by atoms with Crippen molar-refractivity contribution in [2.75, 3.05) is 5.32 Å². The molecule has 2 aromatic heterocycles. The van der Waals surface area contributed by atoms with Crippen LogP contribution in [-0.4, -0.2) is 15.8 Å². The van der Waals surface area contributed by atoms with E-state index in [1.165, 1.54) is 5.56 Å². The highest BCUT2D eigenvalue weighted by Gasteiger charge is 2.07. The molecule has 0 aliphatic rings. The van der Waals surface area contributed by atoms with E-state index in [4.69, 9.17) is 0 Å². The minimum absolute atomic E-state index is 0.511. The van der Waals surface area contributed by atoms with Gasteiger partial charge in [-0.15, -0.1) is 0 Å². The maximum Gasteiger partial charge on any atom is 0.150 e. The summed E-state index contributed by atoms with van der Waals surface area (Å²) in [5.41, 5.74) is 2.26. The Morgan fingerprint density at radius 3 is 2.81 bits per heavy atom. The summed E-state index contributed by atoms with van der Waals surface area (Å²) in [6.07, 6.45) is 5.26. The summed E-state index contributed by atoms with van der Waals surface area (Å²) in [4.78, 5) is 15.0. The molecule has 4 heteroatoms. The Morgan fingerprint density at radius 2 is 2.00 bits per heavy atom. The fourth-order valence-electron chi connectivity index (χ4n) is 2.44. The molecule has 0 atom stereocenters. The maximum absolute atomic E-state index is 10.6. The maximum atomic E-state index is 10.6. The van der Waals surface area contributed by atoms with Crippen molar-refractivity contribution in [2.24, 2.45) is 0 Å². The summed E-state index contributed by atoms with van der Waals surface area (Å²) >= 11 is 0. The molecule has 21 heavy (non-hydrogen) atoms. The van der Waals surface area contributed by atoms with Gasteiger partial charge in [-0.2, -0.15) is 0 Å². The second-order valence-electron chi connectivity index (χ2n) is 4.90. The van der Waals surface area contributed by atoms with Gasteiger partial charge in [0.05, 0.1) is 5.52 Å². The molecule has 0 aliphatic carbocycles. The van der Waals surface area contributed by atoms with E-state index in [0.717, 1.165) is 29.6 Å². The third-order valence-corrected chi connectivity index (χ3v) is 3.47. The number of hydrogen-bond acceptors (Lipinski definition) is 3. The van der Waals surface area contributed by atoms with Crippen molar-refractivity contribution < 1.29 is 4.79 Å². The topological polar surface area (TPSA) is 46.9 Å². The number of aromatic nitrogens is 2. The third kappa shape index (κ3) is 2.94. The van der Waals surface area contributed by atoms with Crippen LogP contribution in [0.3, 0.4) is 0 Å². The van der Waals surface area contributed by atoms with Crippen LogP contribution in [0.15, 0.2) is 54.9 Å². The van der Waals surface area contributed by atoms with Crippen LogP contribution in [0.1, 0.15) is 12.0 Å². The van der Waals surface area contributed by atoms with E-state index >= 15 is 0 Å². The number of anilines is 1. The van der Waals surface area contributed by atoms with E-state index in [1.54, 1.807) is 6.20 Å². The van der Waals surface area contributed by atoms with Crippen LogP contribution >= 0.6 is 0 Å². The molecule has 2 heterocycles. The Hall–Kier alpha value is -2.62. The van der Waals surface area contributed by atoms with Crippen LogP contribution in [0.4, 0.5) is 5.82 Å². The summed E-state index contributed by atoms with van der Waals surface area (Å²) in [6, 6.07) is 14.3. The highest BCUT2D eigenvalue weighted by atomic mass is 16.1. The van der Waals surface area contributed by atoms with E-state index in [2.05, 4.69) is 33.1 Å². The van der Waals surface area contributed by atoms with E-state index in [9.17, 15) is 4.79 Å². The monoisotopic (exact) mass is 279 g/mol. The van der Waals surface area contributed by atoms with Crippen molar-refractivity contribution in [3.05, 3.63) is 60.4 Å². The van der Waals surface area contributed by atoms with Gasteiger partial charge in [-0.05, 0) is 17.7 Å². The number of fused-ring (bicyclic) bond motifs is 1. The van der Waals surface area contributed by atoms with Crippen molar-refractivity contribution in [1.82, 2.24) is 9.55 Å². The SMILES string of the molecule is O=CCCn1ccc2ccnc(NCc3ccccc3)c21. The van der Waals surface area contributed by atoms with E-state index in [0.29, 0.717) is 13.0 Å². The van der Waals surface area contributed by atoms with Crippen molar-refractivity contribution in [3.63, 3.8) is 0 Å². The zero-order valence-corrected chi connectivity index (χ0v) is 11.7. The molecule has 0 amide bonds. The summed E-state index contributed by atoms with van der Waals surface area (Å²) < 4.78 is 2.07. The quantitative estimate of drug-likeness (QED) is 0.705. The molecule has 3 rings (SSSR count). The van der Waals surface area contributed by atoms with Crippen LogP contribution < -0.4 is 5.32 Å². The first kappa shape index (κ1) is 13.4. The summed E-state index contributed by atoms with van der Waals surface area (Å²) in [7, 11) is 0. The molecule has 0 saturated carbocycles. The van der Waals surface area contributed by atoms with Gasteiger partial charge in [0.25, 0.3) is 0 Å². The van der Waals surface area contributed by atoms with Crippen molar-refractivity contribution >= 4 is 23.0 Å². The molecule has 0 radical (unpaired) electrons. The molecular formula is C17H17N3O. The lowest BCUT2D eigenvalue weighted by Crippen LogP contribution is -2.05. The van der Waals surface area contributed by atoms with E-state index in [-0.39, 0.29) is 0 Å². The first-order valence-corrected chi connectivity index (χ1v) is 7.04. The second kappa shape index (κ2) is 6.22. The molecule has 1 N–H and O–H groups in total. The molecule has 0 fully saturated rings. The Labute approximate surface area is 123 Å². The first-order valence-electron chi connectivity index (χ1n) is 7.04. The number of hydrogen-bond donors (Lipinski definition) is 1. The van der Waals surface area contributed by atoms with Crippen LogP contribution in [0, 0.1) is 0 Å². The Balaban J connectivity index is 1.87. The lowest BCUT2D eigenvalue weighted by Gasteiger charge is -2.10. The number of nitrogens with one attached hydrogen (secondary N) is 1. The number of aldehydes is 1. The van der Waals surface area contributed by atoms with E-state index < -0.39 is 0 Å². The smallest absolute Gasteiger partial charge is 0.150 e. The van der Waals surface area contributed by atoms with Gasteiger partial charge < -0.3 is 14.7 Å². The van der Waals surface area contributed by atoms with Crippen LogP contribution in [0.2, 0.25) is 0 Å². The molecule has 0 bridgehead atoms. The number of rotatable bonds is 6. The Morgan fingerprint density at radius 1 is 1.14 bits per heavy atom. The van der Waals surface area contributed by atoms with Crippen molar-refractivity contribution in [1.29, 1.82) is 0 Å². The number of pyridine rings is 1. The van der Waals surface area contributed by atoms with Crippen molar-refractivity contribution in [2.45, 2.75) is 19.5 Å². The lowest BCUT2D eigenvalue weighted by atomic mass is 10.2. The van der Waals surface area contributed by atoms with Gasteiger partial charge in [0.15, 0.2) is 5.82 Å². The molecule has 106 valence electrons. The summed E-state index contributed by atoms with van der Waals surface area (Å²) in [6.45, 7) is 1.41. The zero-order valence-electron chi connectivity index (χ0n) is 11.7. The highest BCUT2D eigenvalue weighted by Crippen LogP contribution is 2.23. The number of aryl methyl sites for hydroxylation is 1. The fraction of sp³-hybridized carbons (Fsp3) is 0.176. The zero-order chi connectivity index (χ0) is 14.5.